The molecule has 2 amide bonds. The van der Waals surface area contributed by atoms with Gasteiger partial charge in [0.1, 0.15) is 6.61 Å². The van der Waals surface area contributed by atoms with Gasteiger partial charge < -0.3 is 20.1 Å². The Morgan fingerprint density at radius 3 is 2.17 bits per heavy atom. The summed E-state index contributed by atoms with van der Waals surface area (Å²) in [6.07, 6.45) is 4.02. The van der Waals surface area contributed by atoms with E-state index in [2.05, 4.69) is 29.6 Å². The molecule has 1 heterocycles. The normalized spacial score (nSPS) is 18.5. The molecule has 184 valence electrons. The predicted octanol–water partition coefficient (Wildman–Crippen LogP) is 4.41. The van der Waals surface area contributed by atoms with E-state index < -0.39 is 12.1 Å². The van der Waals surface area contributed by atoms with Crippen molar-refractivity contribution in [3.05, 3.63) is 59.7 Å². The lowest BCUT2D eigenvalue weighted by Gasteiger charge is -2.39. The summed E-state index contributed by atoms with van der Waals surface area (Å²) < 4.78 is 5.73. The fourth-order valence-electron chi connectivity index (χ4n) is 5.95. The summed E-state index contributed by atoms with van der Waals surface area (Å²) in [6.45, 7) is 1.20. The van der Waals surface area contributed by atoms with Crippen molar-refractivity contribution in [1.29, 1.82) is 0 Å². The lowest BCUT2D eigenvalue weighted by molar-refractivity contribution is -0.145. The molecular weight excluding hydrogens is 444 g/mol. The summed E-state index contributed by atoms with van der Waals surface area (Å²) in [6, 6.07) is 16.2. The lowest BCUT2D eigenvalue weighted by atomic mass is 9.92. The molecule has 2 aromatic carbocycles. The van der Waals surface area contributed by atoms with Crippen molar-refractivity contribution in [2.24, 2.45) is 11.8 Å². The molecule has 1 aliphatic heterocycles. The fraction of sp³-hybridized carbons (Fsp3) is 0.464. The van der Waals surface area contributed by atoms with Crippen LogP contribution in [0.15, 0.2) is 48.5 Å². The number of rotatable bonds is 8. The van der Waals surface area contributed by atoms with E-state index in [1.54, 1.807) is 4.90 Å². The molecule has 1 unspecified atom stereocenters. The number of alkyl carbamates (subject to hydrolysis) is 1. The number of carboxylic acid groups (broad SMARTS) is 1. The van der Waals surface area contributed by atoms with Gasteiger partial charge in [0.25, 0.3) is 0 Å². The van der Waals surface area contributed by atoms with Gasteiger partial charge in [0.2, 0.25) is 5.91 Å². The molecular formula is C28H32N2O5. The standard InChI is InChI=1S/C28H32N2O5/c31-26(30-15-18(16-30)13-27(32)33)14-25(19-7-1-2-8-19)29-28(34)35-17-24-22-11-5-3-9-20(22)21-10-4-6-12-23(21)24/h3-6,9-12,18-19,24-25H,1-2,7-8,13-17H2,(H,29,34)(H,32,33). The summed E-state index contributed by atoms with van der Waals surface area (Å²) in [5.74, 6) is -0.579. The number of fused-ring (bicyclic) bond motifs is 3. The number of hydrogen-bond acceptors (Lipinski definition) is 4. The minimum absolute atomic E-state index is 0.00744. The molecule has 1 saturated carbocycles. The van der Waals surface area contributed by atoms with Crippen molar-refractivity contribution < 1.29 is 24.2 Å². The molecule has 2 aromatic rings. The zero-order chi connectivity index (χ0) is 24.4. The van der Waals surface area contributed by atoms with Crippen LogP contribution >= 0.6 is 0 Å². The van der Waals surface area contributed by atoms with Gasteiger partial charge in [-0.25, -0.2) is 4.79 Å². The molecule has 0 bridgehead atoms. The number of aliphatic carboxylic acids is 1. The number of hydrogen-bond donors (Lipinski definition) is 2. The summed E-state index contributed by atoms with van der Waals surface area (Å²) >= 11 is 0. The SMILES string of the molecule is O=C(O)CC1CN(C(=O)CC(NC(=O)OCC2c3ccccc3-c3ccccc32)C2CCCC2)C1. The monoisotopic (exact) mass is 476 g/mol. The molecule has 7 nitrogen and oxygen atoms in total. The first kappa shape index (κ1) is 23.4. The average molecular weight is 477 g/mol. The van der Waals surface area contributed by atoms with E-state index >= 15 is 0 Å². The molecule has 7 heteroatoms. The van der Waals surface area contributed by atoms with Crippen LogP contribution in [-0.4, -0.2) is 53.7 Å². The van der Waals surface area contributed by atoms with Crippen LogP contribution in [0.1, 0.15) is 55.6 Å². The molecule has 0 spiro atoms. The van der Waals surface area contributed by atoms with E-state index in [0.29, 0.717) is 13.1 Å². The number of amides is 2. The number of likely N-dealkylation sites (tertiary alicyclic amines) is 1. The first-order chi connectivity index (χ1) is 17.0. The van der Waals surface area contributed by atoms with E-state index in [-0.39, 0.29) is 49.2 Å². The highest BCUT2D eigenvalue weighted by molar-refractivity contribution is 5.80. The number of nitrogens with zero attached hydrogens (tertiary/aromatic N) is 1. The number of benzene rings is 2. The topological polar surface area (TPSA) is 95.9 Å². The summed E-state index contributed by atoms with van der Waals surface area (Å²) in [7, 11) is 0. The van der Waals surface area contributed by atoms with Crippen molar-refractivity contribution in [2.45, 2.75) is 50.5 Å². The molecule has 1 saturated heterocycles. The van der Waals surface area contributed by atoms with E-state index in [0.717, 1.165) is 36.8 Å². The molecule has 2 N–H and O–H groups in total. The lowest BCUT2D eigenvalue weighted by Crippen LogP contribution is -2.53. The Bertz CT molecular complexity index is 1060. The summed E-state index contributed by atoms with van der Waals surface area (Å²) in [4.78, 5) is 38.3. The Kier molecular flexibility index (Phi) is 6.75. The maximum Gasteiger partial charge on any atom is 0.407 e. The van der Waals surface area contributed by atoms with Crippen LogP contribution in [0.5, 0.6) is 0 Å². The largest absolute Gasteiger partial charge is 0.481 e. The Hall–Kier alpha value is -3.35. The van der Waals surface area contributed by atoms with Crippen LogP contribution in [0, 0.1) is 11.8 Å². The van der Waals surface area contributed by atoms with E-state index in [1.807, 2.05) is 24.3 Å². The minimum Gasteiger partial charge on any atom is -0.481 e. The Labute approximate surface area is 205 Å². The second-order valence-corrected chi connectivity index (χ2v) is 10.1. The summed E-state index contributed by atoms with van der Waals surface area (Å²) in [5, 5.41) is 11.9. The molecule has 0 radical (unpaired) electrons. The van der Waals surface area contributed by atoms with Crippen molar-refractivity contribution in [2.75, 3.05) is 19.7 Å². The number of carbonyl (C=O) groups is 3. The van der Waals surface area contributed by atoms with Gasteiger partial charge in [-0.05, 0) is 41.0 Å². The molecule has 2 aliphatic carbocycles. The van der Waals surface area contributed by atoms with Gasteiger partial charge in [-0.3, -0.25) is 9.59 Å². The van der Waals surface area contributed by atoms with Crippen LogP contribution in [0.4, 0.5) is 4.79 Å². The van der Waals surface area contributed by atoms with Gasteiger partial charge in [-0.15, -0.1) is 0 Å². The van der Waals surface area contributed by atoms with Gasteiger partial charge in [0, 0.05) is 37.4 Å². The van der Waals surface area contributed by atoms with Gasteiger partial charge in [-0.2, -0.15) is 0 Å². The average Bonchev–Trinajstić information content (AvgIpc) is 3.46. The second-order valence-electron chi connectivity index (χ2n) is 10.1. The van der Waals surface area contributed by atoms with Crippen LogP contribution < -0.4 is 5.32 Å². The van der Waals surface area contributed by atoms with Gasteiger partial charge in [-0.1, -0.05) is 61.4 Å². The van der Waals surface area contributed by atoms with Crippen LogP contribution in [0.3, 0.4) is 0 Å². The van der Waals surface area contributed by atoms with Crippen molar-refractivity contribution in [3.8, 4) is 11.1 Å². The smallest absolute Gasteiger partial charge is 0.407 e. The first-order valence-corrected chi connectivity index (χ1v) is 12.6. The highest BCUT2D eigenvalue weighted by atomic mass is 16.5. The third-order valence-electron chi connectivity index (χ3n) is 7.78. The highest BCUT2D eigenvalue weighted by Crippen LogP contribution is 2.44. The van der Waals surface area contributed by atoms with Gasteiger partial charge >= 0.3 is 12.1 Å². The zero-order valence-electron chi connectivity index (χ0n) is 19.8. The quantitative estimate of drug-likeness (QED) is 0.589. The maximum atomic E-state index is 12.9. The minimum atomic E-state index is -0.831. The molecule has 1 atom stereocenters. The fourth-order valence-corrected chi connectivity index (χ4v) is 5.95. The number of ether oxygens (including phenoxy) is 1. The maximum absolute atomic E-state index is 12.9. The van der Waals surface area contributed by atoms with Gasteiger partial charge in [0.05, 0.1) is 6.42 Å². The van der Waals surface area contributed by atoms with Crippen LogP contribution in [0.2, 0.25) is 0 Å². The first-order valence-electron chi connectivity index (χ1n) is 12.6. The molecule has 0 aromatic heterocycles. The highest BCUT2D eigenvalue weighted by Gasteiger charge is 2.36. The van der Waals surface area contributed by atoms with Crippen LogP contribution in [-0.2, 0) is 14.3 Å². The Morgan fingerprint density at radius 2 is 1.57 bits per heavy atom. The zero-order valence-corrected chi connectivity index (χ0v) is 19.8. The third-order valence-corrected chi connectivity index (χ3v) is 7.78. The molecule has 2 fully saturated rings. The van der Waals surface area contributed by atoms with Crippen LogP contribution in [0.25, 0.3) is 11.1 Å². The van der Waals surface area contributed by atoms with E-state index in [1.165, 1.54) is 11.1 Å². The second kappa shape index (κ2) is 10.1. The van der Waals surface area contributed by atoms with E-state index in [9.17, 15) is 14.4 Å². The molecule has 5 rings (SSSR count). The number of carboxylic acids is 1. The third kappa shape index (κ3) is 5.04. The summed E-state index contributed by atoms with van der Waals surface area (Å²) in [5.41, 5.74) is 4.69. The van der Waals surface area contributed by atoms with Gasteiger partial charge in [0.15, 0.2) is 0 Å². The number of nitrogens with one attached hydrogen (secondary N) is 1. The number of carbonyl (C=O) groups excluding carboxylic acids is 2. The van der Waals surface area contributed by atoms with Crippen molar-refractivity contribution in [3.63, 3.8) is 0 Å². The van der Waals surface area contributed by atoms with Crippen molar-refractivity contribution in [1.82, 2.24) is 10.2 Å². The van der Waals surface area contributed by atoms with Crippen molar-refractivity contribution >= 4 is 18.0 Å². The molecule has 35 heavy (non-hydrogen) atoms. The van der Waals surface area contributed by atoms with E-state index in [4.69, 9.17) is 9.84 Å². The Morgan fingerprint density at radius 1 is 0.971 bits per heavy atom. The molecule has 3 aliphatic rings. The Balaban J connectivity index is 1.19. The predicted molar refractivity (Wildman–Crippen MR) is 131 cm³/mol.